The van der Waals surface area contributed by atoms with E-state index in [-0.39, 0.29) is 10.3 Å². The maximum absolute atomic E-state index is 14.2. The summed E-state index contributed by atoms with van der Waals surface area (Å²) in [7, 11) is -3.99. The molecule has 6 nitrogen and oxygen atoms in total. The predicted octanol–water partition coefficient (Wildman–Crippen LogP) is 7.12. The SMILES string of the molecule is CCc1cc(-c2ccc(C(F)(F)F)cc2)cc2c1N(S(=O)(=O)c1ccc(OCC(=O)O)c(C)c1)CC21CCCCC1. The van der Waals surface area contributed by atoms with E-state index in [2.05, 4.69) is 0 Å². The first kappa shape index (κ1) is 29.0. The zero-order valence-corrected chi connectivity index (χ0v) is 23.7. The Hall–Kier alpha value is -3.53. The first-order valence-electron chi connectivity index (χ1n) is 13.7. The second kappa shape index (κ2) is 10.7. The van der Waals surface area contributed by atoms with Gasteiger partial charge in [0, 0.05) is 12.0 Å². The van der Waals surface area contributed by atoms with Crippen LogP contribution in [0, 0.1) is 6.92 Å². The van der Waals surface area contributed by atoms with Crippen LogP contribution in [0.4, 0.5) is 18.9 Å². The van der Waals surface area contributed by atoms with Crippen molar-refractivity contribution < 1.29 is 36.2 Å². The van der Waals surface area contributed by atoms with Crippen LogP contribution in [-0.2, 0) is 32.8 Å². The number of hydrogen-bond donors (Lipinski definition) is 1. The number of alkyl halides is 3. The zero-order chi connectivity index (χ0) is 29.6. The number of aryl methyl sites for hydroxylation is 2. The summed E-state index contributed by atoms with van der Waals surface area (Å²) in [6, 6.07) is 13.4. The van der Waals surface area contributed by atoms with E-state index >= 15 is 0 Å². The second-order valence-electron chi connectivity index (χ2n) is 10.9. The van der Waals surface area contributed by atoms with Gasteiger partial charge in [0.25, 0.3) is 10.0 Å². The topological polar surface area (TPSA) is 83.9 Å². The van der Waals surface area contributed by atoms with Crippen LogP contribution in [0.5, 0.6) is 5.75 Å². The Bertz CT molecular complexity index is 1580. The molecule has 10 heteroatoms. The normalized spacial score (nSPS) is 16.6. The van der Waals surface area contributed by atoms with Crippen molar-refractivity contribution in [2.24, 2.45) is 0 Å². The third kappa shape index (κ3) is 5.41. The first-order chi connectivity index (χ1) is 19.4. The molecule has 1 N–H and O–H groups in total. The Labute approximate surface area is 237 Å². The molecule has 2 aliphatic rings. The maximum Gasteiger partial charge on any atom is 0.416 e. The number of benzene rings is 3. The van der Waals surface area contributed by atoms with Crippen molar-refractivity contribution in [1.29, 1.82) is 0 Å². The van der Waals surface area contributed by atoms with Gasteiger partial charge in [-0.15, -0.1) is 0 Å². The van der Waals surface area contributed by atoms with E-state index in [1.54, 1.807) is 6.92 Å². The molecule has 1 heterocycles. The fourth-order valence-electron chi connectivity index (χ4n) is 6.19. The molecule has 0 radical (unpaired) electrons. The van der Waals surface area contributed by atoms with Gasteiger partial charge in [-0.05, 0) is 96.5 Å². The molecule has 1 spiro atoms. The van der Waals surface area contributed by atoms with Crippen molar-refractivity contribution in [2.75, 3.05) is 17.5 Å². The van der Waals surface area contributed by atoms with Gasteiger partial charge in [0.15, 0.2) is 6.61 Å². The number of hydrogen-bond acceptors (Lipinski definition) is 4. The summed E-state index contributed by atoms with van der Waals surface area (Å²) < 4.78 is 74.7. The summed E-state index contributed by atoms with van der Waals surface area (Å²) in [6.07, 6.45) is 0.770. The molecule has 41 heavy (non-hydrogen) atoms. The molecule has 1 saturated carbocycles. The Kier molecular flexibility index (Phi) is 7.57. The summed E-state index contributed by atoms with van der Waals surface area (Å²) in [5.74, 6) is -0.831. The minimum atomic E-state index is -4.43. The number of ether oxygens (including phenoxy) is 1. The summed E-state index contributed by atoms with van der Waals surface area (Å²) in [4.78, 5) is 11.0. The number of aliphatic carboxylic acids is 1. The molecule has 5 rings (SSSR count). The quantitative estimate of drug-likeness (QED) is 0.318. The van der Waals surface area contributed by atoms with Crippen LogP contribution >= 0.6 is 0 Å². The number of halogens is 3. The smallest absolute Gasteiger partial charge is 0.416 e. The van der Waals surface area contributed by atoms with Gasteiger partial charge in [0.2, 0.25) is 0 Å². The molecule has 3 aromatic rings. The molecular formula is C31H32F3NO5S. The van der Waals surface area contributed by atoms with Gasteiger partial charge in [-0.2, -0.15) is 13.2 Å². The van der Waals surface area contributed by atoms with Crippen LogP contribution in [0.1, 0.15) is 61.3 Å². The van der Waals surface area contributed by atoms with E-state index in [0.717, 1.165) is 60.9 Å². The summed E-state index contributed by atoms with van der Waals surface area (Å²) in [6.45, 7) is 3.38. The Morgan fingerprint density at radius 2 is 1.68 bits per heavy atom. The number of sulfonamides is 1. The average Bonchev–Trinajstić information content (AvgIpc) is 3.26. The van der Waals surface area contributed by atoms with Crippen molar-refractivity contribution >= 4 is 21.7 Å². The highest BCUT2D eigenvalue weighted by molar-refractivity contribution is 7.92. The average molecular weight is 588 g/mol. The molecule has 0 amide bonds. The lowest BCUT2D eigenvalue weighted by Gasteiger charge is -2.34. The van der Waals surface area contributed by atoms with Gasteiger partial charge in [-0.25, -0.2) is 13.2 Å². The van der Waals surface area contributed by atoms with Gasteiger partial charge >= 0.3 is 12.1 Å². The molecule has 1 fully saturated rings. The maximum atomic E-state index is 14.2. The van der Waals surface area contributed by atoms with Crippen LogP contribution in [0.15, 0.2) is 59.5 Å². The van der Waals surface area contributed by atoms with E-state index in [1.807, 2.05) is 19.1 Å². The summed E-state index contributed by atoms with van der Waals surface area (Å²) in [5.41, 5.74) is 3.25. The van der Waals surface area contributed by atoms with Gasteiger partial charge in [-0.1, -0.05) is 38.3 Å². The molecule has 1 aliphatic heterocycles. The van der Waals surface area contributed by atoms with Crippen molar-refractivity contribution in [2.45, 2.75) is 68.9 Å². The molecule has 1 aliphatic carbocycles. The Balaban J connectivity index is 1.60. The molecule has 0 bridgehead atoms. The molecule has 0 saturated heterocycles. The Morgan fingerprint density at radius 3 is 2.27 bits per heavy atom. The number of rotatable bonds is 7. The minimum absolute atomic E-state index is 0.0883. The monoisotopic (exact) mass is 587 g/mol. The first-order valence-corrected chi connectivity index (χ1v) is 15.1. The van der Waals surface area contributed by atoms with Crippen molar-refractivity contribution in [1.82, 2.24) is 0 Å². The van der Waals surface area contributed by atoms with E-state index in [9.17, 15) is 26.4 Å². The Morgan fingerprint density at radius 1 is 1.00 bits per heavy atom. The van der Waals surface area contributed by atoms with Gasteiger partial charge in [-0.3, -0.25) is 4.31 Å². The molecule has 218 valence electrons. The number of carboxylic acids is 1. The highest BCUT2D eigenvalue weighted by Gasteiger charge is 2.48. The van der Waals surface area contributed by atoms with Crippen molar-refractivity contribution in [3.05, 3.63) is 76.9 Å². The van der Waals surface area contributed by atoms with E-state index < -0.39 is 34.3 Å². The number of nitrogens with zero attached hydrogens (tertiary/aromatic N) is 1. The molecule has 3 aromatic carbocycles. The standard InChI is InChI=1S/C31H32F3NO5S/c1-3-21-16-23(22-7-9-24(10-8-22)31(32,33)34)17-26-29(21)35(19-30(26)13-5-4-6-14-30)41(38,39)25-11-12-27(20(2)15-25)40-18-28(36)37/h7-12,15-17H,3-6,13-14,18-19H2,1-2H3,(H,36,37). The summed E-state index contributed by atoms with van der Waals surface area (Å²) >= 11 is 0. The van der Waals surface area contributed by atoms with Crippen LogP contribution in [-0.4, -0.2) is 32.6 Å². The van der Waals surface area contributed by atoms with Gasteiger partial charge in [0.05, 0.1) is 16.1 Å². The van der Waals surface area contributed by atoms with Crippen LogP contribution < -0.4 is 9.04 Å². The largest absolute Gasteiger partial charge is 0.482 e. The van der Waals surface area contributed by atoms with E-state index in [1.165, 1.54) is 34.6 Å². The van der Waals surface area contributed by atoms with Gasteiger partial charge in [0.1, 0.15) is 5.75 Å². The van der Waals surface area contributed by atoms with Gasteiger partial charge < -0.3 is 9.84 Å². The minimum Gasteiger partial charge on any atom is -0.482 e. The number of anilines is 1. The predicted molar refractivity (Wildman–Crippen MR) is 150 cm³/mol. The number of fused-ring (bicyclic) bond motifs is 2. The summed E-state index contributed by atoms with van der Waals surface area (Å²) in [5, 5.41) is 8.92. The van der Waals surface area contributed by atoms with E-state index in [0.29, 0.717) is 35.5 Å². The van der Waals surface area contributed by atoms with Crippen LogP contribution in [0.25, 0.3) is 11.1 Å². The van der Waals surface area contributed by atoms with Crippen LogP contribution in [0.3, 0.4) is 0 Å². The molecule has 0 atom stereocenters. The molecule has 0 aromatic heterocycles. The third-order valence-corrected chi connectivity index (χ3v) is 10.0. The third-order valence-electron chi connectivity index (χ3n) is 8.28. The van der Waals surface area contributed by atoms with Crippen molar-refractivity contribution in [3.8, 4) is 16.9 Å². The number of carboxylic acid groups (broad SMARTS) is 1. The lowest BCUT2D eigenvalue weighted by atomic mass is 9.70. The molecular weight excluding hydrogens is 555 g/mol. The van der Waals surface area contributed by atoms with E-state index in [4.69, 9.17) is 9.84 Å². The second-order valence-corrected chi connectivity index (χ2v) is 12.8. The highest BCUT2D eigenvalue weighted by Crippen LogP contribution is 2.53. The highest BCUT2D eigenvalue weighted by atomic mass is 32.2. The lowest BCUT2D eigenvalue weighted by Crippen LogP contribution is -2.38. The lowest BCUT2D eigenvalue weighted by molar-refractivity contribution is -0.139. The fourth-order valence-corrected chi connectivity index (χ4v) is 7.89. The zero-order valence-electron chi connectivity index (χ0n) is 22.9. The van der Waals surface area contributed by atoms with Crippen LogP contribution in [0.2, 0.25) is 0 Å². The fraction of sp³-hybridized carbons (Fsp3) is 0.387. The number of carbonyl (C=O) groups is 1. The molecule has 0 unspecified atom stereocenters. The van der Waals surface area contributed by atoms with Crippen molar-refractivity contribution in [3.63, 3.8) is 0 Å².